The lowest BCUT2D eigenvalue weighted by molar-refractivity contribution is 0.208. The molecule has 4 rings (SSSR count). The van der Waals surface area contributed by atoms with Crippen molar-refractivity contribution in [2.45, 2.75) is 0 Å². The number of benzene rings is 3. The number of carbonyl (C=O) groups excluding carboxylic acids is 1. The van der Waals surface area contributed by atoms with Gasteiger partial charge in [-0.3, -0.25) is 0 Å². The third-order valence-electron chi connectivity index (χ3n) is 5.55. The van der Waals surface area contributed by atoms with E-state index in [2.05, 4.69) is 10.2 Å². The number of methoxy groups -OCH3 is 2. The molecule has 31 heavy (non-hydrogen) atoms. The third-order valence-corrected chi connectivity index (χ3v) is 5.55. The first kappa shape index (κ1) is 20.6. The number of amides is 2. The number of ether oxygens (including phenoxy) is 2. The molecule has 3 aromatic rings. The first-order valence-corrected chi connectivity index (χ1v) is 10.4. The molecule has 0 saturated carbocycles. The number of hydrogen-bond acceptors (Lipinski definition) is 4. The summed E-state index contributed by atoms with van der Waals surface area (Å²) in [6.45, 7) is 2.73. The van der Waals surface area contributed by atoms with Gasteiger partial charge < -0.3 is 24.6 Å². The number of para-hydroxylation sites is 1. The van der Waals surface area contributed by atoms with Crippen molar-refractivity contribution < 1.29 is 14.3 Å². The van der Waals surface area contributed by atoms with E-state index in [1.54, 1.807) is 14.2 Å². The fraction of sp³-hybridized carbons (Fsp3) is 0.240. The summed E-state index contributed by atoms with van der Waals surface area (Å²) < 4.78 is 10.8. The minimum absolute atomic E-state index is 0.0790. The highest BCUT2D eigenvalue weighted by Crippen LogP contribution is 2.33. The lowest BCUT2D eigenvalue weighted by atomic mass is 10.0. The van der Waals surface area contributed by atoms with Crippen LogP contribution in [-0.4, -0.2) is 51.3 Å². The minimum atomic E-state index is -0.0790. The van der Waals surface area contributed by atoms with Crippen LogP contribution in [0, 0.1) is 0 Å². The van der Waals surface area contributed by atoms with Crippen molar-refractivity contribution in [3.8, 4) is 22.6 Å². The zero-order valence-corrected chi connectivity index (χ0v) is 17.9. The van der Waals surface area contributed by atoms with E-state index in [-0.39, 0.29) is 6.03 Å². The Morgan fingerprint density at radius 2 is 1.55 bits per heavy atom. The number of piperazine rings is 1. The molecule has 0 aromatic heterocycles. The summed E-state index contributed by atoms with van der Waals surface area (Å²) in [6, 6.07) is 23.7. The van der Waals surface area contributed by atoms with E-state index in [1.807, 2.05) is 77.7 Å². The van der Waals surface area contributed by atoms with Crippen LogP contribution in [-0.2, 0) is 0 Å². The lowest BCUT2D eigenvalue weighted by Crippen LogP contribution is -2.50. The molecule has 1 heterocycles. The van der Waals surface area contributed by atoms with Gasteiger partial charge in [-0.2, -0.15) is 0 Å². The molecule has 0 unspecified atom stereocenters. The maximum absolute atomic E-state index is 13.0. The second kappa shape index (κ2) is 9.43. The molecule has 0 aliphatic carbocycles. The fourth-order valence-electron chi connectivity index (χ4n) is 3.85. The predicted molar refractivity (Wildman–Crippen MR) is 124 cm³/mol. The molecule has 1 fully saturated rings. The first-order chi connectivity index (χ1) is 15.2. The zero-order chi connectivity index (χ0) is 21.6. The third kappa shape index (κ3) is 4.58. The smallest absolute Gasteiger partial charge is 0.321 e. The van der Waals surface area contributed by atoms with Gasteiger partial charge in [0.2, 0.25) is 0 Å². The van der Waals surface area contributed by atoms with Crippen LogP contribution in [0.1, 0.15) is 0 Å². The number of carbonyl (C=O) groups is 1. The van der Waals surface area contributed by atoms with E-state index in [0.717, 1.165) is 47.1 Å². The predicted octanol–water partition coefficient (Wildman–Crippen LogP) is 4.72. The second-order valence-corrected chi connectivity index (χ2v) is 7.35. The molecule has 6 nitrogen and oxygen atoms in total. The number of anilines is 2. The highest BCUT2D eigenvalue weighted by molar-refractivity contribution is 5.94. The normalized spacial score (nSPS) is 13.6. The molecule has 0 radical (unpaired) electrons. The summed E-state index contributed by atoms with van der Waals surface area (Å²) in [4.78, 5) is 17.0. The van der Waals surface area contributed by atoms with Gasteiger partial charge in [0.25, 0.3) is 0 Å². The Morgan fingerprint density at radius 3 is 2.26 bits per heavy atom. The summed E-state index contributed by atoms with van der Waals surface area (Å²) in [5.41, 5.74) is 3.92. The van der Waals surface area contributed by atoms with Gasteiger partial charge in [-0.15, -0.1) is 0 Å². The van der Waals surface area contributed by atoms with Gasteiger partial charge in [-0.25, -0.2) is 4.79 Å². The Labute approximate surface area is 183 Å². The van der Waals surface area contributed by atoms with Crippen LogP contribution in [0.5, 0.6) is 11.5 Å². The molecule has 1 N–H and O–H groups in total. The lowest BCUT2D eigenvalue weighted by Gasteiger charge is -2.36. The Morgan fingerprint density at radius 1 is 0.839 bits per heavy atom. The Balaban J connectivity index is 1.42. The summed E-state index contributed by atoms with van der Waals surface area (Å²) in [5, 5.41) is 3.10. The summed E-state index contributed by atoms with van der Waals surface area (Å²) in [7, 11) is 3.30. The first-order valence-electron chi connectivity index (χ1n) is 10.4. The molecule has 0 atom stereocenters. The second-order valence-electron chi connectivity index (χ2n) is 7.35. The quantitative estimate of drug-likeness (QED) is 0.652. The van der Waals surface area contributed by atoms with Crippen molar-refractivity contribution in [1.29, 1.82) is 0 Å². The molecule has 3 aromatic carbocycles. The fourth-order valence-corrected chi connectivity index (χ4v) is 3.85. The SMILES string of the molecule is COc1ccc(N2CCN(C(=O)Nc3ccccc3-c3ccccc3)CC2)c(OC)c1. The average Bonchev–Trinajstić information content (AvgIpc) is 2.84. The van der Waals surface area contributed by atoms with E-state index in [9.17, 15) is 4.79 Å². The largest absolute Gasteiger partial charge is 0.497 e. The highest BCUT2D eigenvalue weighted by atomic mass is 16.5. The Hall–Kier alpha value is -3.67. The molecule has 0 bridgehead atoms. The Bertz CT molecular complexity index is 1030. The van der Waals surface area contributed by atoms with Crippen LogP contribution < -0.4 is 19.7 Å². The standard InChI is InChI=1S/C25H27N3O3/c1-30-20-12-13-23(24(18-20)31-2)27-14-16-28(17-15-27)25(29)26-22-11-7-6-10-21(22)19-8-4-3-5-9-19/h3-13,18H,14-17H2,1-2H3,(H,26,29). The van der Waals surface area contributed by atoms with Crippen molar-refractivity contribution >= 4 is 17.4 Å². The average molecular weight is 418 g/mol. The van der Waals surface area contributed by atoms with Gasteiger partial charge in [-0.1, -0.05) is 48.5 Å². The molecule has 0 spiro atoms. The molecule has 2 amide bonds. The van der Waals surface area contributed by atoms with Crippen LogP contribution >= 0.6 is 0 Å². The van der Waals surface area contributed by atoms with E-state index >= 15 is 0 Å². The topological polar surface area (TPSA) is 54.0 Å². The van der Waals surface area contributed by atoms with E-state index in [1.165, 1.54) is 0 Å². The van der Waals surface area contributed by atoms with Gasteiger partial charge in [-0.05, 0) is 23.8 Å². The van der Waals surface area contributed by atoms with Gasteiger partial charge in [0.15, 0.2) is 0 Å². The van der Waals surface area contributed by atoms with Gasteiger partial charge >= 0.3 is 6.03 Å². The molecule has 1 aliphatic rings. The maximum atomic E-state index is 13.0. The van der Waals surface area contributed by atoms with Crippen molar-refractivity contribution in [2.75, 3.05) is 50.6 Å². The Kier molecular flexibility index (Phi) is 6.26. The summed E-state index contributed by atoms with van der Waals surface area (Å²) >= 11 is 0. The van der Waals surface area contributed by atoms with Gasteiger partial charge in [0, 0.05) is 37.8 Å². The molecule has 6 heteroatoms. The maximum Gasteiger partial charge on any atom is 0.321 e. The molecule has 160 valence electrons. The van der Waals surface area contributed by atoms with Crippen molar-refractivity contribution in [2.24, 2.45) is 0 Å². The summed E-state index contributed by atoms with van der Waals surface area (Å²) in [5.74, 6) is 1.53. The van der Waals surface area contributed by atoms with E-state index < -0.39 is 0 Å². The van der Waals surface area contributed by atoms with E-state index in [4.69, 9.17) is 9.47 Å². The number of urea groups is 1. The van der Waals surface area contributed by atoms with Gasteiger partial charge in [0.1, 0.15) is 11.5 Å². The van der Waals surface area contributed by atoms with Crippen LogP contribution in [0.25, 0.3) is 11.1 Å². The number of rotatable bonds is 5. The molecular formula is C25H27N3O3. The number of nitrogens with one attached hydrogen (secondary N) is 1. The van der Waals surface area contributed by atoms with Crippen LogP contribution in [0.4, 0.5) is 16.2 Å². The monoisotopic (exact) mass is 417 g/mol. The molecular weight excluding hydrogens is 390 g/mol. The number of nitrogens with zero attached hydrogens (tertiary/aromatic N) is 2. The van der Waals surface area contributed by atoms with Gasteiger partial charge in [0.05, 0.1) is 25.6 Å². The molecule has 1 saturated heterocycles. The number of hydrogen-bond donors (Lipinski definition) is 1. The molecule has 1 aliphatic heterocycles. The minimum Gasteiger partial charge on any atom is -0.497 e. The zero-order valence-electron chi connectivity index (χ0n) is 17.9. The van der Waals surface area contributed by atoms with Crippen LogP contribution in [0.15, 0.2) is 72.8 Å². The van der Waals surface area contributed by atoms with Crippen molar-refractivity contribution in [1.82, 2.24) is 4.90 Å². The van der Waals surface area contributed by atoms with Crippen molar-refractivity contribution in [3.05, 3.63) is 72.8 Å². The highest BCUT2D eigenvalue weighted by Gasteiger charge is 2.23. The van der Waals surface area contributed by atoms with Crippen molar-refractivity contribution in [3.63, 3.8) is 0 Å². The van der Waals surface area contributed by atoms with E-state index in [0.29, 0.717) is 13.1 Å². The van der Waals surface area contributed by atoms with Crippen LogP contribution in [0.3, 0.4) is 0 Å². The van der Waals surface area contributed by atoms with Crippen LogP contribution in [0.2, 0.25) is 0 Å². The summed E-state index contributed by atoms with van der Waals surface area (Å²) in [6.07, 6.45) is 0.